The van der Waals surface area contributed by atoms with Crippen molar-refractivity contribution < 1.29 is 9.90 Å². The molecule has 0 bridgehead atoms. The third-order valence-corrected chi connectivity index (χ3v) is 1.78. The third-order valence-electron chi connectivity index (χ3n) is 1.02. The van der Waals surface area contributed by atoms with E-state index in [2.05, 4.69) is 16.8 Å². The number of rotatable bonds is 1. The molecular weight excluding hydrogens is 176 g/mol. The predicted molar refractivity (Wildman–Crippen MR) is 45.0 cm³/mol. The lowest BCUT2D eigenvalue weighted by Gasteiger charge is -1.79. The van der Waals surface area contributed by atoms with Gasteiger partial charge >= 0.3 is 5.97 Å². The number of carboxylic acid groups (broad SMARTS) is 1. The number of carboxylic acids is 1. The number of nitrogens with two attached hydrogens (primary N) is 1. The molecule has 0 aromatic carbocycles. The fraction of sp³-hybridized carbons (Fsp3) is 0.143. The zero-order valence-electron chi connectivity index (χ0n) is 6.07. The van der Waals surface area contributed by atoms with Crippen LogP contribution in [0.3, 0.4) is 0 Å². The molecule has 3 N–H and O–H groups in total. The molecule has 0 saturated heterocycles. The summed E-state index contributed by atoms with van der Waals surface area (Å²) in [5, 5.41) is 10.4. The molecular formula is C7H6N2O2S. The number of hydrogen-bond donors (Lipinski definition) is 2. The molecule has 12 heavy (non-hydrogen) atoms. The molecule has 1 rings (SSSR count). The van der Waals surface area contributed by atoms with Gasteiger partial charge in [0.05, 0.1) is 6.54 Å². The van der Waals surface area contributed by atoms with Crippen molar-refractivity contribution in [1.82, 2.24) is 4.98 Å². The van der Waals surface area contributed by atoms with Gasteiger partial charge in [-0.2, -0.15) is 0 Å². The molecule has 0 spiro atoms. The SMILES string of the molecule is NCC#Cc1nc(C(=O)O)cs1. The Labute approximate surface area is 73.0 Å². The maximum absolute atomic E-state index is 10.4. The highest BCUT2D eigenvalue weighted by atomic mass is 32.1. The number of thiazole rings is 1. The standard InChI is InChI=1S/C7H6N2O2S/c8-3-1-2-6-9-5(4-12-6)7(10)11/h4H,3,8H2,(H,10,11). The summed E-state index contributed by atoms with van der Waals surface area (Å²) in [7, 11) is 0. The molecule has 0 radical (unpaired) electrons. The van der Waals surface area contributed by atoms with E-state index >= 15 is 0 Å². The van der Waals surface area contributed by atoms with Crippen molar-refractivity contribution in [2.24, 2.45) is 5.73 Å². The van der Waals surface area contributed by atoms with Gasteiger partial charge in [0.15, 0.2) is 10.7 Å². The summed E-state index contributed by atoms with van der Waals surface area (Å²) in [6.45, 7) is 0.252. The molecule has 4 nitrogen and oxygen atoms in total. The summed E-state index contributed by atoms with van der Waals surface area (Å²) in [5.41, 5.74) is 5.16. The molecule has 62 valence electrons. The lowest BCUT2D eigenvalue weighted by atomic mass is 10.5. The second-order valence-corrected chi connectivity index (χ2v) is 2.71. The van der Waals surface area contributed by atoms with E-state index in [-0.39, 0.29) is 12.2 Å². The zero-order valence-corrected chi connectivity index (χ0v) is 6.89. The second-order valence-electron chi connectivity index (χ2n) is 1.85. The van der Waals surface area contributed by atoms with E-state index in [1.807, 2.05) is 0 Å². The van der Waals surface area contributed by atoms with Gasteiger partial charge in [0.2, 0.25) is 0 Å². The summed E-state index contributed by atoms with van der Waals surface area (Å²) in [6, 6.07) is 0. The van der Waals surface area contributed by atoms with Crippen molar-refractivity contribution in [2.45, 2.75) is 0 Å². The highest BCUT2D eigenvalue weighted by Crippen LogP contribution is 2.07. The number of aromatic carboxylic acids is 1. The molecule has 0 aliphatic heterocycles. The molecule has 0 saturated carbocycles. The van der Waals surface area contributed by atoms with Gasteiger partial charge in [-0.3, -0.25) is 0 Å². The molecule has 0 aliphatic rings. The van der Waals surface area contributed by atoms with Crippen LogP contribution in [0.25, 0.3) is 0 Å². The van der Waals surface area contributed by atoms with Crippen molar-refractivity contribution >= 4 is 17.3 Å². The fourth-order valence-electron chi connectivity index (χ4n) is 0.556. The summed E-state index contributed by atoms with van der Waals surface area (Å²) in [5.74, 6) is 4.20. The molecule has 0 fully saturated rings. The van der Waals surface area contributed by atoms with Crippen LogP contribution in [0, 0.1) is 11.8 Å². The number of aromatic nitrogens is 1. The third kappa shape index (κ3) is 2.05. The molecule has 1 aromatic rings. The van der Waals surface area contributed by atoms with E-state index in [0.29, 0.717) is 5.01 Å². The minimum absolute atomic E-state index is 0.0290. The maximum atomic E-state index is 10.4. The van der Waals surface area contributed by atoms with E-state index in [9.17, 15) is 4.79 Å². The minimum atomic E-state index is -1.04. The van der Waals surface area contributed by atoms with Crippen LogP contribution in [-0.4, -0.2) is 22.6 Å². The first kappa shape index (κ1) is 8.71. The Bertz CT molecular complexity index is 348. The average molecular weight is 182 g/mol. The van der Waals surface area contributed by atoms with Gasteiger partial charge < -0.3 is 10.8 Å². The average Bonchev–Trinajstić information content (AvgIpc) is 2.48. The first-order valence-corrected chi connectivity index (χ1v) is 3.99. The topological polar surface area (TPSA) is 76.2 Å². The van der Waals surface area contributed by atoms with Crippen LogP contribution in [-0.2, 0) is 0 Å². The smallest absolute Gasteiger partial charge is 0.355 e. The van der Waals surface area contributed by atoms with E-state index in [0.717, 1.165) is 0 Å². The van der Waals surface area contributed by atoms with Crippen LogP contribution < -0.4 is 5.73 Å². The number of carbonyl (C=O) groups is 1. The lowest BCUT2D eigenvalue weighted by molar-refractivity contribution is 0.0691. The van der Waals surface area contributed by atoms with Crippen LogP contribution in [0.5, 0.6) is 0 Å². The molecule has 0 amide bonds. The second kappa shape index (κ2) is 3.85. The monoisotopic (exact) mass is 182 g/mol. The number of hydrogen-bond acceptors (Lipinski definition) is 4. The van der Waals surface area contributed by atoms with E-state index in [4.69, 9.17) is 10.8 Å². The van der Waals surface area contributed by atoms with Gasteiger partial charge in [0.1, 0.15) is 0 Å². The first-order valence-electron chi connectivity index (χ1n) is 3.12. The Morgan fingerprint density at radius 1 is 1.83 bits per heavy atom. The van der Waals surface area contributed by atoms with Crippen molar-refractivity contribution in [3.63, 3.8) is 0 Å². The highest BCUT2D eigenvalue weighted by molar-refractivity contribution is 7.10. The molecule has 1 heterocycles. The Hall–Kier alpha value is -1.38. The summed E-state index contributed by atoms with van der Waals surface area (Å²) < 4.78 is 0. The zero-order chi connectivity index (χ0) is 8.97. The summed E-state index contributed by atoms with van der Waals surface area (Å²) in [6.07, 6.45) is 0. The minimum Gasteiger partial charge on any atom is -0.476 e. The Morgan fingerprint density at radius 3 is 3.08 bits per heavy atom. The highest BCUT2D eigenvalue weighted by Gasteiger charge is 2.05. The van der Waals surface area contributed by atoms with Crippen molar-refractivity contribution in [3.8, 4) is 11.8 Å². The van der Waals surface area contributed by atoms with E-state index in [1.165, 1.54) is 16.7 Å². The summed E-state index contributed by atoms with van der Waals surface area (Å²) >= 11 is 1.20. The van der Waals surface area contributed by atoms with Crippen LogP contribution in [0.1, 0.15) is 15.5 Å². The Kier molecular flexibility index (Phi) is 2.80. The molecule has 5 heteroatoms. The van der Waals surface area contributed by atoms with Crippen molar-refractivity contribution in [1.29, 1.82) is 0 Å². The van der Waals surface area contributed by atoms with Gasteiger partial charge in [-0.1, -0.05) is 5.92 Å². The molecule has 0 unspecified atom stereocenters. The van der Waals surface area contributed by atoms with Gasteiger partial charge in [-0.15, -0.1) is 11.3 Å². The Balaban J connectivity index is 2.84. The van der Waals surface area contributed by atoms with Crippen LogP contribution in [0.4, 0.5) is 0 Å². The van der Waals surface area contributed by atoms with E-state index < -0.39 is 5.97 Å². The molecule has 0 aliphatic carbocycles. The maximum Gasteiger partial charge on any atom is 0.355 e. The van der Waals surface area contributed by atoms with Crippen LogP contribution in [0.15, 0.2) is 5.38 Å². The van der Waals surface area contributed by atoms with Gasteiger partial charge in [-0.25, -0.2) is 9.78 Å². The molecule has 0 atom stereocenters. The largest absolute Gasteiger partial charge is 0.476 e. The van der Waals surface area contributed by atoms with Crippen LogP contribution in [0.2, 0.25) is 0 Å². The quantitative estimate of drug-likeness (QED) is 0.606. The fourth-order valence-corrected chi connectivity index (χ4v) is 1.21. The van der Waals surface area contributed by atoms with Gasteiger partial charge in [-0.05, 0) is 5.92 Å². The first-order chi connectivity index (χ1) is 5.74. The van der Waals surface area contributed by atoms with Crippen LogP contribution >= 0.6 is 11.3 Å². The normalized spacial score (nSPS) is 8.75. The van der Waals surface area contributed by atoms with Gasteiger partial charge in [0, 0.05) is 5.38 Å². The predicted octanol–water partition coefficient (Wildman–Crippen LogP) is 0.152. The van der Waals surface area contributed by atoms with Gasteiger partial charge in [0.25, 0.3) is 0 Å². The summed E-state index contributed by atoms with van der Waals surface area (Å²) in [4.78, 5) is 14.1. The lowest BCUT2D eigenvalue weighted by Crippen LogP contribution is -1.96. The Morgan fingerprint density at radius 2 is 2.58 bits per heavy atom. The van der Waals surface area contributed by atoms with E-state index in [1.54, 1.807) is 0 Å². The molecule has 1 aromatic heterocycles. The number of nitrogens with zero attached hydrogens (tertiary/aromatic N) is 1. The van der Waals surface area contributed by atoms with Crippen molar-refractivity contribution in [3.05, 3.63) is 16.1 Å². The van der Waals surface area contributed by atoms with Crippen molar-refractivity contribution in [2.75, 3.05) is 6.54 Å².